The van der Waals surface area contributed by atoms with Crippen molar-refractivity contribution in [2.45, 2.75) is 6.18 Å². The van der Waals surface area contributed by atoms with E-state index in [1.807, 2.05) is 0 Å². The summed E-state index contributed by atoms with van der Waals surface area (Å²) in [5, 5.41) is 19.0. The first kappa shape index (κ1) is 14.1. The molecule has 0 aliphatic rings. The van der Waals surface area contributed by atoms with Crippen molar-refractivity contribution in [3.63, 3.8) is 0 Å². The zero-order valence-corrected chi connectivity index (χ0v) is 8.96. The molecule has 10 heteroatoms. The van der Waals surface area contributed by atoms with Gasteiger partial charge in [-0.3, -0.25) is 10.1 Å². The number of aliphatic hydroxyl groups is 1. The zero-order chi connectivity index (χ0) is 13.8. The fraction of sp³-hybridized carbons (Fsp3) is 0.500. The maximum absolute atomic E-state index is 12.2. The molecule has 100 valence electrons. The van der Waals surface area contributed by atoms with Gasteiger partial charge in [0.15, 0.2) is 0 Å². The minimum absolute atomic E-state index is 0.322. The Morgan fingerprint density at radius 2 is 1.94 bits per heavy atom. The van der Waals surface area contributed by atoms with Gasteiger partial charge in [-0.25, -0.2) is 9.97 Å². The molecule has 0 amide bonds. The number of halogens is 3. The molecular formula is C8H9F3N4O3. The highest BCUT2D eigenvalue weighted by Crippen LogP contribution is 2.19. The molecule has 0 aliphatic heterocycles. The van der Waals surface area contributed by atoms with E-state index >= 15 is 0 Å². The number of alkyl halides is 3. The molecule has 1 rings (SSSR count). The van der Waals surface area contributed by atoms with Crippen molar-refractivity contribution in [2.75, 3.05) is 24.6 Å². The predicted octanol–water partition coefficient (Wildman–Crippen LogP) is 0.746. The van der Waals surface area contributed by atoms with E-state index in [2.05, 4.69) is 9.97 Å². The van der Waals surface area contributed by atoms with Crippen LogP contribution < -0.4 is 4.90 Å². The van der Waals surface area contributed by atoms with E-state index in [9.17, 15) is 23.3 Å². The van der Waals surface area contributed by atoms with Crippen LogP contribution in [0.25, 0.3) is 0 Å². The Bertz CT molecular complexity index is 409. The van der Waals surface area contributed by atoms with Gasteiger partial charge in [-0.15, -0.1) is 0 Å². The first-order chi connectivity index (χ1) is 8.33. The van der Waals surface area contributed by atoms with Crippen molar-refractivity contribution in [1.29, 1.82) is 0 Å². The van der Waals surface area contributed by atoms with Crippen LogP contribution in [0.5, 0.6) is 0 Å². The molecule has 0 atom stereocenters. The Labute approximate surface area is 99.0 Å². The summed E-state index contributed by atoms with van der Waals surface area (Å²) in [7, 11) is 0. The van der Waals surface area contributed by atoms with Crippen molar-refractivity contribution in [3.05, 3.63) is 22.5 Å². The predicted molar refractivity (Wildman–Crippen MR) is 54.0 cm³/mol. The second-order valence-electron chi connectivity index (χ2n) is 3.26. The molecule has 1 aromatic rings. The molecule has 1 aromatic heterocycles. The van der Waals surface area contributed by atoms with Crippen LogP contribution in [0.2, 0.25) is 0 Å². The maximum Gasteiger partial charge on any atom is 0.406 e. The highest BCUT2D eigenvalue weighted by atomic mass is 19.4. The Morgan fingerprint density at radius 3 is 2.33 bits per heavy atom. The molecule has 7 nitrogen and oxygen atoms in total. The van der Waals surface area contributed by atoms with Crippen LogP contribution in [0.1, 0.15) is 0 Å². The van der Waals surface area contributed by atoms with Crippen molar-refractivity contribution < 1.29 is 23.2 Å². The van der Waals surface area contributed by atoms with Crippen LogP contribution in [0.4, 0.5) is 24.8 Å². The zero-order valence-electron chi connectivity index (χ0n) is 8.96. The Balaban J connectivity index is 2.88. The van der Waals surface area contributed by atoms with E-state index in [4.69, 9.17) is 5.11 Å². The minimum atomic E-state index is -4.49. The van der Waals surface area contributed by atoms with Gasteiger partial charge in [0.05, 0.1) is 11.5 Å². The highest BCUT2D eigenvalue weighted by molar-refractivity contribution is 5.34. The number of hydrogen-bond acceptors (Lipinski definition) is 6. The van der Waals surface area contributed by atoms with Gasteiger partial charge in [0, 0.05) is 6.54 Å². The molecule has 0 aliphatic carbocycles. The van der Waals surface area contributed by atoms with Crippen molar-refractivity contribution in [3.8, 4) is 0 Å². The summed E-state index contributed by atoms with van der Waals surface area (Å²) in [4.78, 5) is 17.2. The maximum atomic E-state index is 12.2. The van der Waals surface area contributed by atoms with Crippen LogP contribution in [0.15, 0.2) is 12.4 Å². The molecule has 0 saturated heterocycles. The van der Waals surface area contributed by atoms with E-state index in [0.717, 1.165) is 12.4 Å². The Morgan fingerprint density at radius 1 is 1.39 bits per heavy atom. The lowest BCUT2D eigenvalue weighted by Gasteiger charge is -2.22. The van der Waals surface area contributed by atoms with Gasteiger partial charge < -0.3 is 10.0 Å². The molecule has 0 aromatic carbocycles. The summed E-state index contributed by atoms with van der Waals surface area (Å²) in [5.41, 5.74) is -0.422. The summed E-state index contributed by atoms with van der Waals surface area (Å²) in [6.45, 7) is -2.18. The average Bonchev–Trinajstić information content (AvgIpc) is 2.27. The average molecular weight is 266 g/mol. The van der Waals surface area contributed by atoms with Gasteiger partial charge in [-0.1, -0.05) is 0 Å². The molecular weight excluding hydrogens is 257 g/mol. The van der Waals surface area contributed by atoms with E-state index in [0.29, 0.717) is 4.90 Å². The molecule has 0 unspecified atom stereocenters. The van der Waals surface area contributed by atoms with Gasteiger partial charge >= 0.3 is 11.9 Å². The first-order valence-corrected chi connectivity index (χ1v) is 4.72. The summed E-state index contributed by atoms with van der Waals surface area (Å²) < 4.78 is 36.7. The standard InChI is InChI=1S/C8H9F3N4O3/c9-8(10,11)5-14(1-2-16)7-12-3-6(4-13-7)15(17)18/h3-4,16H,1-2,5H2. The second kappa shape index (κ2) is 5.58. The minimum Gasteiger partial charge on any atom is -0.395 e. The molecule has 0 spiro atoms. The SMILES string of the molecule is O=[N+]([O-])c1cnc(N(CCO)CC(F)(F)F)nc1. The van der Waals surface area contributed by atoms with Crippen LogP contribution in [-0.2, 0) is 0 Å². The van der Waals surface area contributed by atoms with Gasteiger partial charge in [0.2, 0.25) is 5.95 Å². The number of nitro groups is 1. The Hall–Kier alpha value is -1.97. The summed E-state index contributed by atoms with van der Waals surface area (Å²) in [6.07, 6.45) is -2.87. The van der Waals surface area contributed by atoms with E-state index in [1.54, 1.807) is 0 Å². The highest BCUT2D eigenvalue weighted by Gasteiger charge is 2.31. The summed E-state index contributed by atoms with van der Waals surface area (Å²) in [6, 6.07) is 0. The lowest BCUT2D eigenvalue weighted by atomic mass is 10.4. The van der Waals surface area contributed by atoms with Crippen LogP contribution in [-0.4, -0.2) is 45.9 Å². The molecule has 0 saturated carbocycles. The summed E-state index contributed by atoms with van der Waals surface area (Å²) in [5.74, 6) is -0.327. The summed E-state index contributed by atoms with van der Waals surface area (Å²) >= 11 is 0. The third kappa shape index (κ3) is 4.13. The van der Waals surface area contributed by atoms with Crippen molar-refractivity contribution in [1.82, 2.24) is 9.97 Å². The molecule has 0 fully saturated rings. The number of aromatic nitrogens is 2. The number of hydrogen-bond donors (Lipinski definition) is 1. The molecule has 0 radical (unpaired) electrons. The van der Waals surface area contributed by atoms with Gasteiger partial charge in [-0.2, -0.15) is 13.2 Å². The normalized spacial score (nSPS) is 11.3. The number of anilines is 1. The van der Waals surface area contributed by atoms with Crippen LogP contribution in [0.3, 0.4) is 0 Å². The van der Waals surface area contributed by atoms with Gasteiger partial charge in [0.1, 0.15) is 18.9 Å². The third-order valence-electron chi connectivity index (χ3n) is 1.86. The van der Waals surface area contributed by atoms with Crippen LogP contribution >= 0.6 is 0 Å². The Kier molecular flexibility index (Phi) is 4.37. The largest absolute Gasteiger partial charge is 0.406 e. The fourth-order valence-corrected chi connectivity index (χ4v) is 1.16. The van der Waals surface area contributed by atoms with E-state index < -0.39 is 29.9 Å². The van der Waals surface area contributed by atoms with Gasteiger partial charge in [0.25, 0.3) is 0 Å². The topological polar surface area (TPSA) is 92.4 Å². The quantitative estimate of drug-likeness (QED) is 0.624. The van der Waals surface area contributed by atoms with Gasteiger partial charge in [-0.05, 0) is 0 Å². The number of nitrogens with zero attached hydrogens (tertiary/aromatic N) is 4. The fourth-order valence-electron chi connectivity index (χ4n) is 1.16. The smallest absolute Gasteiger partial charge is 0.395 e. The lowest BCUT2D eigenvalue weighted by Crippen LogP contribution is -2.37. The van der Waals surface area contributed by atoms with E-state index in [-0.39, 0.29) is 12.5 Å². The molecule has 0 bridgehead atoms. The monoisotopic (exact) mass is 266 g/mol. The van der Waals surface area contributed by atoms with E-state index in [1.165, 1.54) is 0 Å². The first-order valence-electron chi connectivity index (χ1n) is 4.72. The second-order valence-corrected chi connectivity index (χ2v) is 3.26. The van der Waals surface area contributed by atoms with Crippen molar-refractivity contribution >= 4 is 11.6 Å². The number of rotatable bonds is 5. The molecule has 1 heterocycles. The third-order valence-corrected chi connectivity index (χ3v) is 1.86. The van der Waals surface area contributed by atoms with Crippen LogP contribution in [0, 0.1) is 10.1 Å². The lowest BCUT2D eigenvalue weighted by molar-refractivity contribution is -0.385. The molecule has 1 N–H and O–H groups in total. The van der Waals surface area contributed by atoms with Crippen molar-refractivity contribution in [2.24, 2.45) is 0 Å². The molecule has 18 heavy (non-hydrogen) atoms. The number of aliphatic hydroxyl groups excluding tert-OH is 1.